The minimum atomic E-state index is -0.108. The predicted molar refractivity (Wildman–Crippen MR) is 111 cm³/mol. The third-order valence-corrected chi connectivity index (χ3v) is 7.53. The fraction of sp³-hybridized carbons (Fsp3) is 0.474. The molecule has 2 fully saturated rings. The van der Waals surface area contributed by atoms with E-state index in [4.69, 9.17) is 0 Å². The maximum Gasteiger partial charge on any atom is 0.233 e. The van der Waals surface area contributed by atoms with E-state index in [1.807, 2.05) is 35.0 Å². The van der Waals surface area contributed by atoms with Crippen molar-refractivity contribution < 1.29 is 14.4 Å². The summed E-state index contributed by atoms with van der Waals surface area (Å²) in [5.41, 5.74) is 1.61. The van der Waals surface area contributed by atoms with E-state index >= 15 is 0 Å². The van der Waals surface area contributed by atoms with Gasteiger partial charge in [-0.1, -0.05) is 11.8 Å². The summed E-state index contributed by atoms with van der Waals surface area (Å²) in [4.78, 5) is 44.0. The number of nitrogens with zero attached hydrogens (tertiary/aromatic N) is 3. The first kappa shape index (κ1) is 19.2. The van der Waals surface area contributed by atoms with Crippen molar-refractivity contribution in [3.63, 3.8) is 0 Å². The number of amides is 3. The van der Waals surface area contributed by atoms with Gasteiger partial charge in [0, 0.05) is 51.1 Å². The smallest absolute Gasteiger partial charge is 0.233 e. The molecule has 148 valence electrons. The second-order valence-electron chi connectivity index (χ2n) is 7.30. The van der Waals surface area contributed by atoms with Crippen molar-refractivity contribution in [3.8, 4) is 0 Å². The van der Waals surface area contributed by atoms with E-state index in [1.54, 1.807) is 0 Å². The lowest BCUT2D eigenvalue weighted by atomic mass is 9.93. The first-order valence-electron chi connectivity index (χ1n) is 9.25. The lowest BCUT2D eigenvalue weighted by Gasteiger charge is -2.36. The summed E-state index contributed by atoms with van der Waals surface area (Å²) in [6.07, 6.45) is 1.41. The van der Waals surface area contributed by atoms with Crippen LogP contribution in [0.15, 0.2) is 22.5 Å². The van der Waals surface area contributed by atoms with Gasteiger partial charge in [-0.3, -0.25) is 14.4 Å². The van der Waals surface area contributed by atoms with Crippen molar-refractivity contribution >= 4 is 56.7 Å². The first-order valence-corrected chi connectivity index (χ1v) is 11.1. The van der Waals surface area contributed by atoms with E-state index in [2.05, 4.69) is 10.3 Å². The van der Waals surface area contributed by atoms with Gasteiger partial charge in [0.15, 0.2) is 4.34 Å². The van der Waals surface area contributed by atoms with Gasteiger partial charge < -0.3 is 15.1 Å². The lowest BCUT2D eigenvalue weighted by molar-refractivity contribution is -0.130. The zero-order valence-corrected chi connectivity index (χ0v) is 17.4. The second-order valence-corrected chi connectivity index (χ2v) is 9.55. The van der Waals surface area contributed by atoms with Gasteiger partial charge in [-0.05, 0) is 24.6 Å². The van der Waals surface area contributed by atoms with Gasteiger partial charge in [0.05, 0.1) is 16.0 Å². The van der Waals surface area contributed by atoms with E-state index in [0.29, 0.717) is 25.3 Å². The van der Waals surface area contributed by atoms with Crippen LogP contribution < -0.4 is 5.32 Å². The van der Waals surface area contributed by atoms with Crippen molar-refractivity contribution in [2.75, 3.05) is 31.2 Å². The molecule has 0 radical (unpaired) electrons. The van der Waals surface area contributed by atoms with Crippen LogP contribution in [0.4, 0.5) is 5.69 Å². The molecule has 1 aromatic carbocycles. The molecule has 0 aliphatic carbocycles. The number of benzene rings is 1. The summed E-state index contributed by atoms with van der Waals surface area (Å²) in [6, 6.07) is 5.89. The van der Waals surface area contributed by atoms with E-state index in [9.17, 15) is 14.4 Å². The molecule has 4 rings (SSSR count). The number of carbonyl (C=O) groups is 3. The molecule has 1 N–H and O–H groups in total. The average Bonchev–Trinajstić information content (AvgIpc) is 3.19. The predicted octanol–water partition coefficient (Wildman–Crippen LogP) is 2.43. The Labute approximate surface area is 171 Å². The molecule has 3 heterocycles. The third kappa shape index (κ3) is 3.86. The number of aromatic nitrogens is 1. The summed E-state index contributed by atoms with van der Waals surface area (Å²) < 4.78 is 1.82. The van der Waals surface area contributed by atoms with E-state index in [1.165, 1.54) is 30.0 Å². The number of thioether (sulfide) groups is 1. The largest absolute Gasteiger partial charge is 0.342 e. The molecule has 2 aliphatic rings. The zero-order chi connectivity index (χ0) is 19.8. The molecular formula is C19H22N4O3S2. The Kier molecular flexibility index (Phi) is 5.29. The number of rotatable bonds is 4. The maximum absolute atomic E-state index is 12.6. The normalized spacial score (nSPS) is 21.9. The Morgan fingerprint density at radius 1 is 1.39 bits per heavy atom. The van der Waals surface area contributed by atoms with Gasteiger partial charge >= 0.3 is 0 Å². The molecule has 0 unspecified atom stereocenters. The van der Waals surface area contributed by atoms with Crippen LogP contribution in [0.2, 0.25) is 0 Å². The van der Waals surface area contributed by atoms with Crippen LogP contribution in [-0.4, -0.2) is 64.4 Å². The molecule has 3 amide bonds. The summed E-state index contributed by atoms with van der Waals surface area (Å²) >= 11 is 2.97. The number of fused-ring (bicyclic) bond motifs is 2. The summed E-state index contributed by atoms with van der Waals surface area (Å²) in [6.45, 7) is 2.85. The van der Waals surface area contributed by atoms with Crippen LogP contribution in [0.5, 0.6) is 0 Å². The number of hydrogen-bond donors (Lipinski definition) is 1. The summed E-state index contributed by atoms with van der Waals surface area (Å²) in [7, 11) is 1.87. The van der Waals surface area contributed by atoms with Crippen LogP contribution in [0, 0.1) is 5.92 Å². The van der Waals surface area contributed by atoms with Gasteiger partial charge in [0.25, 0.3) is 0 Å². The quantitative estimate of drug-likeness (QED) is 0.771. The molecule has 7 nitrogen and oxygen atoms in total. The number of likely N-dealkylation sites (tertiary alicyclic amines) is 2. The van der Waals surface area contributed by atoms with Gasteiger partial charge in [-0.15, -0.1) is 11.3 Å². The highest BCUT2D eigenvalue weighted by molar-refractivity contribution is 8.01. The average molecular weight is 419 g/mol. The van der Waals surface area contributed by atoms with Gasteiger partial charge in [0.1, 0.15) is 0 Å². The fourth-order valence-corrected chi connectivity index (χ4v) is 5.98. The highest BCUT2D eigenvalue weighted by Gasteiger charge is 2.41. The number of carbonyl (C=O) groups excluding carboxylic acids is 3. The number of piperidine rings is 1. The fourth-order valence-electron chi connectivity index (χ4n) is 3.97. The first-order chi connectivity index (χ1) is 13.4. The minimum absolute atomic E-state index is 0.101. The van der Waals surface area contributed by atoms with Crippen molar-refractivity contribution in [3.05, 3.63) is 18.2 Å². The van der Waals surface area contributed by atoms with Crippen molar-refractivity contribution in [2.24, 2.45) is 5.92 Å². The molecule has 0 bridgehead atoms. The maximum atomic E-state index is 12.6. The highest BCUT2D eigenvalue weighted by Crippen LogP contribution is 2.33. The Balaban J connectivity index is 1.36. The number of anilines is 1. The standard InChI is InChI=1S/C19H22N4O3S2/c1-11(24)20-13-3-4-14-16(8-13)28-19(21-14)27-10-18(26)23-6-5-15-12(9-23)7-17(25)22(15)2/h3-4,8,12,15H,5-7,9-10H2,1-2H3,(H,20,24)/t12-,15+/m1/s1. The molecule has 9 heteroatoms. The lowest BCUT2D eigenvalue weighted by Crippen LogP contribution is -2.48. The highest BCUT2D eigenvalue weighted by atomic mass is 32.2. The molecule has 0 saturated carbocycles. The van der Waals surface area contributed by atoms with Gasteiger partial charge in [-0.25, -0.2) is 4.98 Å². The number of thiazole rings is 1. The van der Waals surface area contributed by atoms with Crippen LogP contribution in [0.25, 0.3) is 10.2 Å². The zero-order valence-electron chi connectivity index (χ0n) is 15.8. The monoisotopic (exact) mass is 418 g/mol. The van der Waals surface area contributed by atoms with Crippen LogP contribution in [-0.2, 0) is 14.4 Å². The van der Waals surface area contributed by atoms with Crippen LogP contribution >= 0.6 is 23.1 Å². The SMILES string of the molecule is CC(=O)Nc1ccc2nc(SCC(=O)N3CC[C@H]4[C@H](CC(=O)N4C)C3)sc2c1. The Morgan fingerprint density at radius 2 is 2.21 bits per heavy atom. The van der Waals surface area contributed by atoms with E-state index in [-0.39, 0.29) is 29.7 Å². The van der Waals surface area contributed by atoms with Crippen molar-refractivity contribution in [2.45, 2.75) is 30.1 Å². The molecule has 28 heavy (non-hydrogen) atoms. The molecule has 2 atom stereocenters. The number of hydrogen-bond acceptors (Lipinski definition) is 6. The topological polar surface area (TPSA) is 82.6 Å². The van der Waals surface area contributed by atoms with Crippen molar-refractivity contribution in [1.29, 1.82) is 0 Å². The molecule has 2 aliphatic heterocycles. The van der Waals surface area contributed by atoms with Gasteiger partial charge in [0.2, 0.25) is 17.7 Å². The Hall–Kier alpha value is -2.13. The Morgan fingerprint density at radius 3 is 3.00 bits per heavy atom. The van der Waals surface area contributed by atoms with Crippen LogP contribution in [0.1, 0.15) is 19.8 Å². The Bertz CT molecular complexity index is 944. The molecular weight excluding hydrogens is 396 g/mol. The summed E-state index contributed by atoms with van der Waals surface area (Å²) in [5, 5.41) is 2.77. The molecule has 2 saturated heterocycles. The van der Waals surface area contributed by atoms with E-state index < -0.39 is 0 Å². The molecule has 2 aromatic rings. The summed E-state index contributed by atoms with van der Waals surface area (Å²) in [5.74, 6) is 0.785. The molecule has 0 spiro atoms. The van der Waals surface area contributed by atoms with Crippen LogP contribution in [0.3, 0.4) is 0 Å². The van der Waals surface area contributed by atoms with Gasteiger partial charge in [-0.2, -0.15) is 0 Å². The van der Waals surface area contributed by atoms with E-state index in [0.717, 1.165) is 26.7 Å². The number of nitrogens with one attached hydrogen (secondary N) is 1. The minimum Gasteiger partial charge on any atom is -0.342 e. The third-order valence-electron chi connectivity index (χ3n) is 5.38. The van der Waals surface area contributed by atoms with Crippen molar-refractivity contribution in [1.82, 2.24) is 14.8 Å². The second kappa shape index (κ2) is 7.71. The molecule has 1 aromatic heterocycles.